The first-order chi connectivity index (χ1) is 41.1. The minimum Gasteiger partial charge on any atom is -0.494 e. The molecule has 20 nitrogen and oxygen atoms in total. The molecule has 0 bridgehead atoms. The molecule has 0 atom stereocenters. The van der Waals surface area contributed by atoms with Crippen LogP contribution in [0, 0.1) is 34.3 Å². The van der Waals surface area contributed by atoms with Crippen molar-refractivity contribution in [2.24, 2.45) is 0 Å². The van der Waals surface area contributed by atoms with E-state index in [1.165, 1.54) is 36.4 Å². The van der Waals surface area contributed by atoms with Gasteiger partial charge in [0.15, 0.2) is 34.3 Å². The largest absolute Gasteiger partial charge is 0.494 e. The Hall–Kier alpha value is -8.71. The fourth-order valence-electron chi connectivity index (χ4n) is 9.65. The van der Waals surface area contributed by atoms with Crippen molar-refractivity contribution in [1.29, 1.82) is 10.5 Å². The van der Waals surface area contributed by atoms with Crippen LogP contribution in [0.5, 0.6) is 11.5 Å². The lowest BCUT2D eigenvalue weighted by atomic mass is 9.78. The van der Waals surface area contributed by atoms with Crippen LogP contribution in [0.3, 0.4) is 0 Å². The summed E-state index contributed by atoms with van der Waals surface area (Å²) in [6.07, 6.45) is 8.63. The van der Waals surface area contributed by atoms with Crippen LogP contribution in [-0.2, 0) is 18.8 Å². The molecule has 24 heteroatoms. The van der Waals surface area contributed by atoms with Gasteiger partial charge in [0.05, 0.1) is 77.0 Å². The summed E-state index contributed by atoms with van der Waals surface area (Å²) in [4.78, 5) is 44.0. The number of carbonyl (C=O) groups is 2. The SMILES string of the molecule is CC1(C)OB(c2ccc(NC3CCOCC3)c(C#N)c2)OC1(C)C.COc1cc(C(=O)N(C)C)cnc1-c1cc2ncc(F)c(-c3ccc(NC4CCOCC4)c(C#N)c3)c2o1.COc1cc(C(=O)N(C)C)cnc1-c1cc2ncc(F)c(Cl)c2o1. The molecule has 0 radical (unpaired) electrons. The maximum atomic E-state index is 15.2. The molecule has 0 spiro atoms. The molecule has 9 heterocycles. The van der Waals surface area contributed by atoms with Crippen molar-refractivity contribution >= 4 is 69.6 Å². The second-order valence-corrected chi connectivity index (χ2v) is 22.3. The van der Waals surface area contributed by atoms with E-state index in [0.717, 1.165) is 62.4 Å². The van der Waals surface area contributed by atoms with Crippen molar-refractivity contribution in [1.82, 2.24) is 29.7 Å². The Kier molecular flexibility index (Phi) is 18.9. The number of furan rings is 2. The molecular weight excluding hydrogens is 1130 g/mol. The highest BCUT2D eigenvalue weighted by Crippen LogP contribution is 2.41. The summed E-state index contributed by atoms with van der Waals surface area (Å²) in [5, 5.41) is 26.1. The number of nitrogens with zero attached hydrogens (tertiary/aromatic N) is 8. The van der Waals surface area contributed by atoms with Gasteiger partial charge in [-0.15, -0.1) is 0 Å². The zero-order chi connectivity index (χ0) is 61.6. The molecule has 86 heavy (non-hydrogen) atoms. The fourth-order valence-corrected chi connectivity index (χ4v) is 9.84. The lowest BCUT2D eigenvalue weighted by Crippen LogP contribution is -2.41. The van der Waals surface area contributed by atoms with Crippen molar-refractivity contribution in [3.05, 3.63) is 124 Å². The Balaban J connectivity index is 0.000000161. The zero-order valence-corrected chi connectivity index (χ0v) is 50.0. The van der Waals surface area contributed by atoms with E-state index in [1.54, 1.807) is 70.7 Å². The van der Waals surface area contributed by atoms with E-state index < -0.39 is 18.8 Å². The van der Waals surface area contributed by atoms with Crippen molar-refractivity contribution in [3.8, 4) is 57.7 Å². The number of benzene rings is 2. The number of pyridine rings is 4. The monoisotopic (exact) mass is 1190 g/mol. The van der Waals surface area contributed by atoms with Gasteiger partial charge in [0.25, 0.3) is 11.8 Å². The normalized spacial score (nSPS) is 15.5. The first-order valence-corrected chi connectivity index (χ1v) is 28.0. The van der Waals surface area contributed by atoms with E-state index in [-0.39, 0.29) is 50.8 Å². The quantitative estimate of drug-likeness (QED) is 0.108. The maximum absolute atomic E-state index is 15.2. The van der Waals surface area contributed by atoms with Gasteiger partial charge < -0.3 is 57.5 Å². The first kappa shape index (κ1) is 61.8. The van der Waals surface area contributed by atoms with Crippen molar-refractivity contribution in [3.63, 3.8) is 0 Å². The fraction of sp³-hybridized carbons (Fsp3) is 0.355. The lowest BCUT2D eigenvalue weighted by molar-refractivity contribution is 0.00578. The van der Waals surface area contributed by atoms with Crippen LogP contribution in [0.25, 0.3) is 56.2 Å². The number of rotatable bonds is 12. The summed E-state index contributed by atoms with van der Waals surface area (Å²) in [5.41, 5.74) is 5.95. The standard InChI is InChI=1S/C28H26FN5O4.C18H25BN2O3.C16H13ClFN3O3/c1-34(2)28(35)18-11-23(36-3)26(32-14-18)24-12-22-27(38-24)25(20(29)15-31-22)16-4-5-21(17(10-16)13-30)33-19-6-8-37-9-7-19;1-17(2)18(3,4)24-19(23-17)14-5-6-16(13(11-14)12-20)21-15-7-9-22-10-8-15;1-21(2)16(22)8-4-11(23-3)14(20-6-8)12-5-10-15(24-12)13(17)9(18)7-19-10/h4-5,10-12,14-15,19,33H,6-9H2,1-3H3;5-6,11,15,21H,7-10H2,1-4H3;4-7H,1-3H3. The molecule has 0 unspecified atom stereocenters. The molecule has 0 aliphatic carbocycles. The van der Waals surface area contributed by atoms with Gasteiger partial charge in [-0.05, 0) is 101 Å². The van der Waals surface area contributed by atoms with Crippen LogP contribution in [0.15, 0.2) is 94.3 Å². The Labute approximate surface area is 501 Å². The molecule has 2 N–H and O–H groups in total. The Bertz CT molecular complexity index is 3890. The van der Waals surface area contributed by atoms with Crippen LogP contribution in [0.2, 0.25) is 5.02 Å². The molecule has 3 aliphatic heterocycles. The number of halogens is 3. The van der Waals surface area contributed by atoms with Crippen LogP contribution in [0.1, 0.15) is 85.2 Å². The van der Waals surface area contributed by atoms with Gasteiger partial charge >= 0.3 is 7.12 Å². The maximum Gasteiger partial charge on any atom is 0.494 e. The number of aromatic nitrogens is 4. The molecule has 2 amide bonds. The van der Waals surface area contributed by atoms with Gasteiger partial charge in [-0.1, -0.05) is 23.7 Å². The van der Waals surface area contributed by atoms with Gasteiger partial charge in [0.2, 0.25) is 0 Å². The average Bonchev–Trinajstić information content (AvgIpc) is 1.85. The third-order valence-corrected chi connectivity index (χ3v) is 15.5. The molecule has 6 aromatic heterocycles. The summed E-state index contributed by atoms with van der Waals surface area (Å²) >= 11 is 5.89. The topological polar surface area (TPSA) is 245 Å². The number of methoxy groups -OCH3 is 2. The zero-order valence-electron chi connectivity index (χ0n) is 49.3. The van der Waals surface area contributed by atoms with Gasteiger partial charge in [-0.25, -0.2) is 28.7 Å². The number of fused-ring (bicyclic) bond motifs is 2. The van der Waals surface area contributed by atoms with E-state index in [0.29, 0.717) is 98.2 Å². The highest BCUT2D eigenvalue weighted by molar-refractivity contribution is 6.62. The van der Waals surface area contributed by atoms with Gasteiger partial charge in [-0.3, -0.25) is 9.59 Å². The predicted molar refractivity (Wildman–Crippen MR) is 320 cm³/mol. The van der Waals surface area contributed by atoms with E-state index in [4.69, 9.17) is 48.7 Å². The highest BCUT2D eigenvalue weighted by atomic mass is 35.5. The lowest BCUT2D eigenvalue weighted by Gasteiger charge is -2.32. The van der Waals surface area contributed by atoms with E-state index in [1.807, 2.05) is 45.9 Å². The smallest absolute Gasteiger partial charge is 0.494 e. The van der Waals surface area contributed by atoms with Crippen molar-refractivity contribution in [2.45, 2.75) is 76.7 Å². The predicted octanol–water partition coefficient (Wildman–Crippen LogP) is 10.7. The Morgan fingerprint density at radius 2 is 1.09 bits per heavy atom. The molecular formula is C62H64BClF2N10O10. The Morgan fingerprint density at radius 3 is 1.57 bits per heavy atom. The van der Waals surface area contributed by atoms with Crippen LogP contribution in [0.4, 0.5) is 20.2 Å². The van der Waals surface area contributed by atoms with E-state index in [9.17, 15) is 24.5 Å². The average molecular weight is 1190 g/mol. The van der Waals surface area contributed by atoms with Crippen LogP contribution < -0.4 is 25.6 Å². The molecule has 0 saturated carbocycles. The minimum absolute atomic E-state index is 0.129. The molecule has 3 aliphatic rings. The van der Waals surface area contributed by atoms with Gasteiger partial charge in [-0.2, -0.15) is 10.5 Å². The number of carbonyl (C=O) groups excluding carboxylic acids is 2. The number of nitriles is 2. The summed E-state index contributed by atoms with van der Waals surface area (Å²) in [6.45, 7) is 11.0. The number of anilines is 2. The number of nitrogens with one attached hydrogen (secondary N) is 2. The number of ether oxygens (including phenoxy) is 4. The third kappa shape index (κ3) is 13.4. The van der Waals surface area contributed by atoms with Gasteiger partial charge in [0.1, 0.15) is 51.1 Å². The van der Waals surface area contributed by atoms with E-state index in [2.05, 4.69) is 42.7 Å². The summed E-state index contributed by atoms with van der Waals surface area (Å²) < 4.78 is 74.0. The Morgan fingerprint density at radius 1 is 0.640 bits per heavy atom. The summed E-state index contributed by atoms with van der Waals surface area (Å²) in [7, 11) is 9.06. The highest BCUT2D eigenvalue weighted by Gasteiger charge is 2.52. The van der Waals surface area contributed by atoms with Crippen molar-refractivity contribution < 1.29 is 55.5 Å². The molecule has 446 valence electrons. The van der Waals surface area contributed by atoms with Crippen molar-refractivity contribution in [2.75, 3.05) is 79.5 Å². The number of amides is 2. The molecule has 11 rings (SSSR count). The summed E-state index contributed by atoms with van der Waals surface area (Å²) in [6, 6.07) is 22.4. The second kappa shape index (κ2) is 26.3. The minimum atomic E-state index is -0.670. The summed E-state index contributed by atoms with van der Waals surface area (Å²) in [5.74, 6) is -0.391. The molecule has 8 aromatic rings. The molecule has 3 fully saturated rings. The number of hydrogen-bond donors (Lipinski definition) is 2. The van der Waals surface area contributed by atoms with Crippen LogP contribution in [-0.4, -0.2) is 141 Å². The molecule has 3 saturated heterocycles. The molecule has 2 aromatic carbocycles. The number of hydrogen-bond acceptors (Lipinski definition) is 18. The van der Waals surface area contributed by atoms with E-state index >= 15 is 4.39 Å². The van der Waals surface area contributed by atoms with Crippen LogP contribution >= 0.6 is 11.6 Å². The van der Waals surface area contributed by atoms with Gasteiger partial charge in [0, 0.05) is 91.2 Å². The first-order valence-electron chi connectivity index (χ1n) is 27.6. The second-order valence-electron chi connectivity index (χ2n) is 21.9. The third-order valence-electron chi connectivity index (χ3n) is 15.1.